The first kappa shape index (κ1) is 15.1. The Bertz CT molecular complexity index is 426. The van der Waals surface area contributed by atoms with Gasteiger partial charge in [0.25, 0.3) is 0 Å². The molecule has 1 unspecified atom stereocenters. The summed E-state index contributed by atoms with van der Waals surface area (Å²) >= 11 is 0. The van der Waals surface area contributed by atoms with Gasteiger partial charge >= 0.3 is 0 Å². The Balaban J connectivity index is 1.70. The smallest absolute Gasteiger partial charge is 0.0348 e. The van der Waals surface area contributed by atoms with Crippen molar-refractivity contribution in [3.05, 3.63) is 35.9 Å². The Labute approximate surface area is 130 Å². The molecule has 0 amide bonds. The second-order valence-corrected chi connectivity index (χ2v) is 7.68. The maximum absolute atomic E-state index is 3.99. The number of hydrogen-bond acceptors (Lipinski definition) is 1. The third-order valence-corrected chi connectivity index (χ3v) is 6.07. The van der Waals surface area contributed by atoms with Crippen molar-refractivity contribution in [2.75, 3.05) is 6.54 Å². The highest BCUT2D eigenvalue weighted by atomic mass is 14.9. The molecule has 0 radical (unpaired) electrons. The van der Waals surface area contributed by atoms with Crippen LogP contribution in [0.2, 0.25) is 0 Å². The van der Waals surface area contributed by atoms with Gasteiger partial charge in [-0.15, -0.1) is 0 Å². The number of nitrogens with one attached hydrogen (secondary N) is 1. The van der Waals surface area contributed by atoms with E-state index in [1.54, 1.807) is 0 Å². The Hall–Kier alpha value is -0.820. The molecule has 1 heteroatoms. The van der Waals surface area contributed by atoms with E-state index in [1.165, 1.54) is 57.1 Å². The highest BCUT2D eigenvalue weighted by Crippen LogP contribution is 2.51. The summed E-state index contributed by atoms with van der Waals surface area (Å²) in [7, 11) is 0. The lowest BCUT2D eigenvalue weighted by atomic mass is 9.80. The van der Waals surface area contributed by atoms with Crippen LogP contribution in [0.1, 0.15) is 70.4 Å². The van der Waals surface area contributed by atoms with E-state index in [9.17, 15) is 0 Å². The van der Waals surface area contributed by atoms with Crippen LogP contribution < -0.4 is 5.32 Å². The molecule has 0 bridgehead atoms. The molecule has 1 aromatic rings. The molecule has 1 N–H and O–H groups in total. The third kappa shape index (κ3) is 3.51. The van der Waals surface area contributed by atoms with Crippen LogP contribution in [0.3, 0.4) is 0 Å². The van der Waals surface area contributed by atoms with Crippen LogP contribution in [-0.2, 0) is 0 Å². The van der Waals surface area contributed by atoms with Crippen molar-refractivity contribution in [2.45, 2.75) is 64.8 Å². The molecule has 0 aliphatic heterocycles. The molecule has 0 aromatic heterocycles. The molecule has 2 saturated carbocycles. The van der Waals surface area contributed by atoms with Crippen LogP contribution in [0, 0.1) is 17.3 Å². The highest BCUT2D eigenvalue weighted by molar-refractivity contribution is 5.20. The van der Waals surface area contributed by atoms with Gasteiger partial charge in [-0.3, -0.25) is 0 Å². The monoisotopic (exact) mass is 285 g/mol. The van der Waals surface area contributed by atoms with Crippen molar-refractivity contribution >= 4 is 0 Å². The predicted molar refractivity (Wildman–Crippen MR) is 90.3 cm³/mol. The number of benzene rings is 1. The van der Waals surface area contributed by atoms with Crippen molar-refractivity contribution in [2.24, 2.45) is 17.3 Å². The van der Waals surface area contributed by atoms with Crippen molar-refractivity contribution in [3.63, 3.8) is 0 Å². The zero-order chi connectivity index (χ0) is 14.7. The van der Waals surface area contributed by atoms with Crippen LogP contribution in [0.5, 0.6) is 0 Å². The molecule has 2 fully saturated rings. The van der Waals surface area contributed by atoms with Gasteiger partial charge in [0.2, 0.25) is 0 Å². The summed E-state index contributed by atoms with van der Waals surface area (Å²) in [6, 6.07) is 11.7. The first-order valence-electron chi connectivity index (χ1n) is 9.00. The molecule has 116 valence electrons. The Morgan fingerprint density at radius 2 is 1.71 bits per heavy atom. The summed E-state index contributed by atoms with van der Waals surface area (Å²) in [5, 5.41) is 3.99. The van der Waals surface area contributed by atoms with E-state index in [0.29, 0.717) is 11.5 Å². The van der Waals surface area contributed by atoms with Crippen LogP contribution in [-0.4, -0.2) is 6.54 Å². The Morgan fingerprint density at radius 1 is 1.05 bits per heavy atom. The normalized spacial score (nSPS) is 23.2. The summed E-state index contributed by atoms with van der Waals surface area (Å²) in [6.07, 6.45) is 9.93. The van der Waals surface area contributed by atoms with Crippen LogP contribution >= 0.6 is 0 Å². The van der Waals surface area contributed by atoms with Crippen molar-refractivity contribution in [1.29, 1.82) is 0 Å². The van der Waals surface area contributed by atoms with Crippen LogP contribution in [0.25, 0.3) is 0 Å². The van der Waals surface area contributed by atoms with Gasteiger partial charge in [0.1, 0.15) is 0 Å². The fraction of sp³-hybridized carbons (Fsp3) is 0.700. The zero-order valence-corrected chi connectivity index (χ0v) is 13.8. The molecule has 1 atom stereocenters. The van der Waals surface area contributed by atoms with Crippen molar-refractivity contribution in [1.82, 2.24) is 5.32 Å². The molecule has 0 heterocycles. The maximum Gasteiger partial charge on any atom is 0.0348 e. The number of hydrogen-bond donors (Lipinski definition) is 1. The standard InChI is InChI=1S/C20H31N/c1-16(2)20(13-14-20)15-21-19(17-9-5-3-6-10-17)18-11-7-4-8-12-18/h3,5-6,9-10,16,18-19,21H,4,7-8,11-15H2,1-2H3. The van der Waals surface area contributed by atoms with Gasteiger partial charge in [-0.1, -0.05) is 63.4 Å². The van der Waals surface area contributed by atoms with E-state index in [2.05, 4.69) is 49.5 Å². The van der Waals surface area contributed by atoms with Gasteiger partial charge in [0, 0.05) is 12.6 Å². The predicted octanol–water partition coefficient (Wildman–Crippen LogP) is 5.33. The lowest BCUT2D eigenvalue weighted by molar-refractivity contribution is 0.241. The van der Waals surface area contributed by atoms with Gasteiger partial charge < -0.3 is 5.32 Å². The Morgan fingerprint density at radius 3 is 2.29 bits per heavy atom. The molecular weight excluding hydrogens is 254 g/mol. The van der Waals surface area contributed by atoms with Gasteiger partial charge in [-0.05, 0) is 48.5 Å². The first-order valence-corrected chi connectivity index (χ1v) is 9.00. The molecule has 1 aromatic carbocycles. The second-order valence-electron chi connectivity index (χ2n) is 7.68. The summed E-state index contributed by atoms with van der Waals surface area (Å²) in [6.45, 7) is 6.00. The SMILES string of the molecule is CC(C)C1(CNC(c2ccccc2)C2CCCCC2)CC1. The quantitative estimate of drug-likeness (QED) is 0.744. The van der Waals surface area contributed by atoms with Gasteiger partial charge in [-0.2, -0.15) is 0 Å². The fourth-order valence-corrected chi connectivity index (χ4v) is 4.12. The molecule has 1 nitrogen and oxygen atoms in total. The summed E-state index contributed by atoms with van der Waals surface area (Å²) in [5.74, 6) is 1.65. The van der Waals surface area contributed by atoms with E-state index < -0.39 is 0 Å². The number of rotatable bonds is 6. The van der Waals surface area contributed by atoms with E-state index in [0.717, 1.165) is 11.8 Å². The van der Waals surface area contributed by atoms with Crippen LogP contribution in [0.4, 0.5) is 0 Å². The summed E-state index contributed by atoms with van der Waals surface area (Å²) < 4.78 is 0. The van der Waals surface area contributed by atoms with E-state index in [4.69, 9.17) is 0 Å². The fourth-order valence-electron chi connectivity index (χ4n) is 4.12. The minimum absolute atomic E-state index is 0.572. The van der Waals surface area contributed by atoms with E-state index in [-0.39, 0.29) is 0 Å². The molecule has 21 heavy (non-hydrogen) atoms. The zero-order valence-electron chi connectivity index (χ0n) is 13.8. The average Bonchev–Trinajstić information content (AvgIpc) is 3.31. The minimum Gasteiger partial charge on any atom is -0.309 e. The average molecular weight is 285 g/mol. The summed E-state index contributed by atoms with van der Waals surface area (Å²) in [5.41, 5.74) is 2.10. The van der Waals surface area contributed by atoms with Crippen molar-refractivity contribution in [3.8, 4) is 0 Å². The topological polar surface area (TPSA) is 12.0 Å². The Kier molecular flexibility index (Phi) is 4.69. The van der Waals surface area contributed by atoms with Gasteiger partial charge in [0.05, 0.1) is 0 Å². The maximum atomic E-state index is 3.99. The van der Waals surface area contributed by atoms with E-state index in [1.807, 2.05) is 0 Å². The molecule has 0 saturated heterocycles. The van der Waals surface area contributed by atoms with Crippen molar-refractivity contribution < 1.29 is 0 Å². The van der Waals surface area contributed by atoms with Crippen LogP contribution in [0.15, 0.2) is 30.3 Å². The largest absolute Gasteiger partial charge is 0.309 e. The summed E-state index contributed by atoms with van der Waals surface area (Å²) in [4.78, 5) is 0. The van der Waals surface area contributed by atoms with Gasteiger partial charge in [0.15, 0.2) is 0 Å². The molecular formula is C20H31N. The molecule has 3 rings (SSSR count). The highest BCUT2D eigenvalue weighted by Gasteiger charge is 2.45. The molecule has 2 aliphatic carbocycles. The first-order chi connectivity index (χ1) is 10.2. The van der Waals surface area contributed by atoms with E-state index >= 15 is 0 Å². The lowest BCUT2D eigenvalue weighted by Gasteiger charge is -2.33. The molecule has 0 spiro atoms. The lowest BCUT2D eigenvalue weighted by Crippen LogP contribution is -2.35. The van der Waals surface area contributed by atoms with Gasteiger partial charge in [-0.25, -0.2) is 0 Å². The third-order valence-electron chi connectivity index (χ3n) is 6.07. The minimum atomic E-state index is 0.572. The second kappa shape index (κ2) is 6.52. The molecule has 2 aliphatic rings.